The number of carbonyl (C=O) groups excluding carboxylic acids is 2. The van der Waals surface area contributed by atoms with Crippen molar-refractivity contribution in [1.82, 2.24) is 4.31 Å². The summed E-state index contributed by atoms with van der Waals surface area (Å²) in [7, 11) is -3.50. The van der Waals surface area contributed by atoms with E-state index >= 15 is 0 Å². The molecule has 0 bridgehead atoms. The second kappa shape index (κ2) is 8.97. The highest BCUT2D eigenvalue weighted by atomic mass is 32.2. The molecule has 8 nitrogen and oxygen atoms in total. The minimum Gasteiger partial charge on any atom is -0.459 e. The monoisotopic (exact) mass is 453 g/mol. The third kappa shape index (κ3) is 4.58. The van der Waals surface area contributed by atoms with Crippen LogP contribution in [-0.4, -0.2) is 37.6 Å². The molecule has 0 radical (unpaired) electrons. The van der Waals surface area contributed by atoms with E-state index in [1.807, 2.05) is 6.92 Å². The Balaban J connectivity index is 1.46. The summed E-state index contributed by atoms with van der Waals surface area (Å²) in [6, 6.07) is 14.3. The number of furan rings is 1. The smallest absolute Gasteiger partial charge is 0.291 e. The average molecular weight is 454 g/mol. The molecule has 0 unspecified atom stereocenters. The zero-order valence-electron chi connectivity index (χ0n) is 17.5. The van der Waals surface area contributed by atoms with Gasteiger partial charge in [-0.2, -0.15) is 4.31 Å². The molecule has 4 rings (SSSR count). The first-order chi connectivity index (χ1) is 15.3. The van der Waals surface area contributed by atoms with Crippen molar-refractivity contribution in [2.75, 3.05) is 23.7 Å². The number of rotatable bonds is 6. The highest BCUT2D eigenvalue weighted by Gasteiger charge is 2.27. The molecule has 1 fully saturated rings. The van der Waals surface area contributed by atoms with Crippen LogP contribution in [-0.2, 0) is 10.0 Å². The van der Waals surface area contributed by atoms with E-state index in [0.29, 0.717) is 30.0 Å². The van der Waals surface area contributed by atoms with Crippen molar-refractivity contribution in [3.8, 4) is 0 Å². The first-order valence-corrected chi connectivity index (χ1v) is 11.7. The number of sulfonamides is 1. The number of carbonyl (C=O) groups is 2. The number of nitrogens with one attached hydrogen (secondary N) is 2. The third-order valence-electron chi connectivity index (χ3n) is 5.31. The van der Waals surface area contributed by atoms with E-state index in [1.165, 1.54) is 22.7 Å². The number of amides is 2. The van der Waals surface area contributed by atoms with E-state index in [0.717, 1.165) is 18.4 Å². The van der Waals surface area contributed by atoms with Gasteiger partial charge >= 0.3 is 0 Å². The Morgan fingerprint density at radius 2 is 1.66 bits per heavy atom. The number of hydrogen-bond donors (Lipinski definition) is 2. The minimum atomic E-state index is -3.50. The molecule has 1 aromatic heterocycles. The lowest BCUT2D eigenvalue weighted by atomic mass is 10.1. The number of benzene rings is 2. The lowest BCUT2D eigenvalue weighted by Gasteiger charge is -2.15. The van der Waals surface area contributed by atoms with E-state index in [1.54, 1.807) is 42.5 Å². The third-order valence-corrected chi connectivity index (χ3v) is 7.22. The minimum absolute atomic E-state index is 0.170. The SMILES string of the molecule is Cc1ccc(C(=O)Nc2ccc(S(=O)(=O)N3CCCC3)cc2)cc1NC(=O)c1ccco1. The maximum atomic E-state index is 12.7. The van der Waals surface area contributed by atoms with Crippen molar-refractivity contribution < 1.29 is 22.4 Å². The Bertz CT molecular complexity index is 1230. The fourth-order valence-electron chi connectivity index (χ4n) is 3.48. The van der Waals surface area contributed by atoms with Crippen molar-refractivity contribution in [3.05, 3.63) is 77.7 Å². The molecule has 1 saturated heterocycles. The molecule has 0 aliphatic carbocycles. The van der Waals surface area contributed by atoms with Gasteiger partial charge in [-0.15, -0.1) is 0 Å². The maximum absolute atomic E-state index is 12.7. The molecule has 1 aliphatic heterocycles. The molecule has 2 amide bonds. The van der Waals surface area contributed by atoms with Crippen LogP contribution < -0.4 is 10.6 Å². The van der Waals surface area contributed by atoms with Gasteiger partial charge in [0.25, 0.3) is 11.8 Å². The van der Waals surface area contributed by atoms with Gasteiger partial charge in [-0.05, 0) is 73.9 Å². The van der Waals surface area contributed by atoms with Gasteiger partial charge in [-0.1, -0.05) is 6.07 Å². The summed E-state index contributed by atoms with van der Waals surface area (Å²) < 4.78 is 31.8. The van der Waals surface area contributed by atoms with Crippen LogP contribution in [0.2, 0.25) is 0 Å². The molecule has 2 heterocycles. The maximum Gasteiger partial charge on any atom is 0.291 e. The van der Waals surface area contributed by atoms with E-state index < -0.39 is 15.9 Å². The Labute approximate surface area is 186 Å². The van der Waals surface area contributed by atoms with Crippen LogP contribution in [0.3, 0.4) is 0 Å². The molecule has 2 N–H and O–H groups in total. The second-order valence-electron chi connectivity index (χ2n) is 7.55. The Kier molecular flexibility index (Phi) is 6.11. The van der Waals surface area contributed by atoms with Crippen molar-refractivity contribution in [3.63, 3.8) is 0 Å². The number of aryl methyl sites for hydroxylation is 1. The first-order valence-electron chi connectivity index (χ1n) is 10.2. The number of anilines is 2. The second-order valence-corrected chi connectivity index (χ2v) is 9.49. The lowest BCUT2D eigenvalue weighted by molar-refractivity contribution is 0.0993. The predicted molar refractivity (Wildman–Crippen MR) is 120 cm³/mol. The lowest BCUT2D eigenvalue weighted by Crippen LogP contribution is -2.27. The van der Waals surface area contributed by atoms with Crippen LogP contribution >= 0.6 is 0 Å². The van der Waals surface area contributed by atoms with Gasteiger partial charge in [0.05, 0.1) is 11.2 Å². The highest BCUT2D eigenvalue weighted by Crippen LogP contribution is 2.23. The summed E-state index contributed by atoms with van der Waals surface area (Å²) in [5.74, 6) is -0.623. The van der Waals surface area contributed by atoms with Gasteiger partial charge in [-0.25, -0.2) is 8.42 Å². The zero-order chi connectivity index (χ0) is 22.7. The van der Waals surface area contributed by atoms with E-state index in [2.05, 4.69) is 10.6 Å². The van der Waals surface area contributed by atoms with Gasteiger partial charge in [0.1, 0.15) is 0 Å². The first kappa shape index (κ1) is 21.8. The Morgan fingerprint density at radius 3 is 2.31 bits per heavy atom. The van der Waals surface area contributed by atoms with Crippen molar-refractivity contribution >= 4 is 33.2 Å². The van der Waals surface area contributed by atoms with Crippen LogP contribution in [0.25, 0.3) is 0 Å². The van der Waals surface area contributed by atoms with Crippen molar-refractivity contribution in [2.45, 2.75) is 24.7 Å². The summed E-state index contributed by atoms with van der Waals surface area (Å²) in [6.45, 7) is 2.89. The molecule has 0 atom stereocenters. The molecule has 32 heavy (non-hydrogen) atoms. The Morgan fingerprint density at radius 1 is 0.938 bits per heavy atom. The van der Waals surface area contributed by atoms with Gasteiger partial charge in [0, 0.05) is 30.0 Å². The van der Waals surface area contributed by atoms with Crippen LogP contribution in [0.1, 0.15) is 39.3 Å². The van der Waals surface area contributed by atoms with Crippen LogP contribution in [0, 0.1) is 6.92 Å². The summed E-state index contributed by atoms with van der Waals surface area (Å²) in [5, 5.41) is 5.49. The van der Waals surface area contributed by atoms with Crippen LogP contribution in [0.5, 0.6) is 0 Å². The number of nitrogens with zero attached hydrogens (tertiary/aromatic N) is 1. The standard InChI is InChI=1S/C23H23N3O5S/c1-16-6-7-17(15-20(16)25-23(28)21-5-4-14-31-21)22(27)24-18-8-10-19(11-9-18)32(29,30)26-12-2-3-13-26/h4-11,14-15H,2-3,12-13H2,1H3,(H,24,27)(H,25,28). The average Bonchev–Trinajstić information content (AvgIpc) is 3.50. The van der Waals surface area contributed by atoms with Gasteiger partial charge in [0.15, 0.2) is 5.76 Å². The van der Waals surface area contributed by atoms with E-state index in [-0.39, 0.29) is 16.6 Å². The van der Waals surface area contributed by atoms with Gasteiger partial charge in [-0.3, -0.25) is 9.59 Å². The molecule has 1 aliphatic rings. The molecule has 9 heteroatoms. The summed E-state index contributed by atoms with van der Waals surface area (Å²) in [4.78, 5) is 25.2. The van der Waals surface area contributed by atoms with Crippen LogP contribution in [0.4, 0.5) is 11.4 Å². The van der Waals surface area contributed by atoms with E-state index in [9.17, 15) is 18.0 Å². The molecular formula is C23H23N3O5S. The Hall–Kier alpha value is -3.43. The largest absolute Gasteiger partial charge is 0.459 e. The number of hydrogen-bond acceptors (Lipinski definition) is 5. The fraction of sp³-hybridized carbons (Fsp3) is 0.217. The van der Waals surface area contributed by atoms with Crippen molar-refractivity contribution in [1.29, 1.82) is 0 Å². The summed E-state index contributed by atoms with van der Waals surface area (Å²) in [6.07, 6.45) is 3.15. The molecular weight excluding hydrogens is 430 g/mol. The molecule has 2 aromatic carbocycles. The normalized spacial score (nSPS) is 14.3. The molecule has 0 spiro atoms. The predicted octanol–water partition coefficient (Wildman–Crippen LogP) is 3.88. The quantitative estimate of drug-likeness (QED) is 0.589. The van der Waals surface area contributed by atoms with Gasteiger partial charge in [0.2, 0.25) is 10.0 Å². The zero-order valence-corrected chi connectivity index (χ0v) is 18.3. The summed E-state index contributed by atoms with van der Waals surface area (Å²) >= 11 is 0. The molecule has 0 saturated carbocycles. The highest BCUT2D eigenvalue weighted by molar-refractivity contribution is 7.89. The fourth-order valence-corrected chi connectivity index (χ4v) is 5.00. The topological polar surface area (TPSA) is 109 Å². The molecule has 166 valence electrons. The summed E-state index contributed by atoms with van der Waals surface area (Å²) in [5.41, 5.74) is 2.10. The molecule has 3 aromatic rings. The van der Waals surface area contributed by atoms with Crippen LogP contribution in [0.15, 0.2) is 70.2 Å². The van der Waals surface area contributed by atoms with E-state index in [4.69, 9.17) is 4.42 Å². The van der Waals surface area contributed by atoms with Gasteiger partial charge < -0.3 is 15.1 Å². The van der Waals surface area contributed by atoms with Crippen molar-refractivity contribution in [2.24, 2.45) is 0 Å².